The molecule has 0 saturated carbocycles. The van der Waals surface area contributed by atoms with Crippen molar-refractivity contribution in [2.24, 2.45) is 0 Å². The summed E-state index contributed by atoms with van der Waals surface area (Å²) in [7, 11) is 0. The molecule has 0 aliphatic carbocycles. The van der Waals surface area contributed by atoms with E-state index in [4.69, 9.17) is 4.74 Å². The maximum atomic E-state index is 12.1. The SMILES string of the molecule is CC(C)N(CCNCc1sccc1Br)C(=O)OC(C)(C)C. The molecule has 0 saturated heterocycles. The van der Waals surface area contributed by atoms with E-state index in [2.05, 4.69) is 26.6 Å². The van der Waals surface area contributed by atoms with Crippen LogP contribution in [0.3, 0.4) is 0 Å². The first-order valence-corrected chi connectivity index (χ1v) is 8.80. The number of carbonyl (C=O) groups is 1. The van der Waals surface area contributed by atoms with Crippen LogP contribution in [0.1, 0.15) is 39.5 Å². The van der Waals surface area contributed by atoms with Gasteiger partial charge in [-0.3, -0.25) is 0 Å². The molecule has 0 radical (unpaired) electrons. The number of amides is 1. The quantitative estimate of drug-likeness (QED) is 0.754. The molecule has 1 heterocycles. The Bertz CT molecular complexity index is 455. The van der Waals surface area contributed by atoms with Crippen molar-refractivity contribution in [2.45, 2.75) is 52.8 Å². The molecule has 4 nitrogen and oxygen atoms in total. The minimum Gasteiger partial charge on any atom is -0.444 e. The Labute approximate surface area is 140 Å². The van der Waals surface area contributed by atoms with Crippen LogP contribution in [-0.2, 0) is 11.3 Å². The highest BCUT2D eigenvalue weighted by atomic mass is 79.9. The summed E-state index contributed by atoms with van der Waals surface area (Å²) in [5.74, 6) is 0. The van der Waals surface area contributed by atoms with Crippen molar-refractivity contribution >= 4 is 33.4 Å². The van der Waals surface area contributed by atoms with Gasteiger partial charge in [0.2, 0.25) is 0 Å². The molecular weight excluding hydrogens is 352 g/mol. The lowest BCUT2D eigenvalue weighted by Gasteiger charge is -2.30. The van der Waals surface area contributed by atoms with E-state index in [1.165, 1.54) is 4.88 Å². The van der Waals surface area contributed by atoms with E-state index in [9.17, 15) is 4.79 Å². The second-order valence-corrected chi connectivity index (χ2v) is 7.99. The number of rotatable bonds is 6. The third kappa shape index (κ3) is 6.80. The van der Waals surface area contributed by atoms with Gasteiger partial charge in [0.05, 0.1) is 0 Å². The third-order valence-electron chi connectivity index (χ3n) is 2.76. The van der Waals surface area contributed by atoms with Gasteiger partial charge in [-0.05, 0) is 62.0 Å². The Morgan fingerprint density at radius 1 is 1.48 bits per heavy atom. The molecule has 0 atom stereocenters. The van der Waals surface area contributed by atoms with Crippen LogP contribution in [0.2, 0.25) is 0 Å². The van der Waals surface area contributed by atoms with Gasteiger partial charge in [-0.1, -0.05) is 0 Å². The first-order valence-electron chi connectivity index (χ1n) is 7.13. The fraction of sp³-hybridized carbons (Fsp3) is 0.667. The molecule has 1 amide bonds. The number of halogens is 1. The number of thiophene rings is 1. The fourth-order valence-corrected chi connectivity index (χ4v) is 3.20. The molecule has 6 heteroatoms. The molecule has 21 heavy (non-hydrogen) atoms. The summed E-state index contributed by atoms with van der Waals surface area (Å²) >= 11 is 5.23. The highest BCUT2D eigenvalue weighted by molar-refractivity contribution is 9.10. The predicted octanol–water partition coefficient (Wildman–Crippen LogP) is 4.25. The number of carbonyl (C=O) groups excluding carboxylic acids is 1. The Morgan fingerprint density at radius 2 is 2.14 bits per heavy atom. The summed E-state index contributed by atoms with van der Waals surface area (Å²) in [6.07, 6.45) is -0.253. The van der Waals surface area contributed by atoms with Crippen LogP contribution in [-0.4, -0.2) is 35.7 Å². The van der Waals surface area contributed by atoms with Gasteiger partial charge in [-0.15, -0.1) is 11.3 Å². The van der Waals surface area contributed by atoms with Gasteiger partial charge in [0.1, 0.15) is 5.60 Å². The van der Waals surface area contributed by atoms with E-state index in [1.54, 1.807) is 16.2 Å². The van der Waals surface area contributed by atoms with Crippen molar-refractivity contribution in [3.05, 3.63) is 20.8 Å². The summed E-state index contributed by atoms with van der Waals surface area (Å²) in [5.41, 5.74) is -0.459. The number of nitrogens with one attached hydrogen (secondary N) is 1. The normalized spacial score (nSPS) is 11.8. The van der Waals surface area contributed by atoms with Crippen LogP contribution < -0.4 is 5.32 Å². The summed E-state index contributed by atoms with van der Waals surface area (Å²) in [4.78, 5) is 15.2. The lowest BCUT2D eigenvalue weighted by molar-refractivity contribution is 0.0193. The number of nitrogens with zero attached hydrogens (tertiary/aromatic N) is 1. The first kappa shape index (κ1) is 18.5. The minimum atomic E-state index is -0.459. The van der Waals surface area contributed by atoms with Crippen LogP contribution in [0.4, 0.5) is 4.79 Å². The highest BCUT2D eigenvalue weighted by Crippen LogP contribution is 2.22. The largest absolute Gasteiger partial charge is 0.444 e. The zero-order valence-electron chi connectivity index (χ0n) is 13.4. The average Bonchev–Trinajstić information content (AvgIpc) is 2.71. The van der Waals surface area contributed by atoms with Gasteiger partial charge in [0.25, 0.3) is 0 Å². The highest BCUT2D eigenvalue weighted by Gasteiger charge is 2.23. The van der Waals surface area contributed by atoms with Crippen molar-refractivity contribution in [2.75, 3.05) is 13.1 Å². The molecule has 0 aromatic carbocycles. The second-order valence-electron chi connectivity index (χ2n) is 6.14. The Hall–Kier alpha value is -0.590. The average molecular weight is 377 g/mol. The summed E-state index contributed by atoms with van der Waals surface area (Å²) < 4.78 is 6.57. The maximum Gasteiger partial charge on any atom is 0.410 e. The molecule has 1 N–H and O–H groups in total. The van der Waals surface area contributed by atoms with E-state index in [1.807, 2.05) is 40.7 Å². The molecule has 1 aromatic heterocycles. The van der Waals surface area contributed by atoms with Crippen molar-refractivity contribution in [3.8, 4) is 0 Å². The molecule has 1 rings (SSSR count). The van der Waals surface area contributed by atoms with Crippen molar-refractivity contribution in [1.29, 1.82) is 0 Å². The molecule has 120 valence electrons. The second kappa shape index (κ2) is 8.15. The third-order valence-corrected chi connectivity index (χ3v) is 4.68. The first-order chi connectivity index (χ1) is 9.70. The zero-order valence-corrected chi connectivity index (χ0v) is 15.8. The van der Waals surface area contributed by atoms with E-state index in [0.29, 0.717) is 6.54 Å². The standard InChI is InChI=1S/C15H25BrN2O2S/c1-11(2)18(14(19)20-15(3,4)5)8-7-17-10-13-12(16)6-9-21-13/h6,9,11,17H,7-8,10H2,1-5H3. The van der Waals surface area contributed by atoms with Crippen molar-refractivity contribution in [3.63, 3.8) is 0 Å². The van der Waals surface area contributed by atoms with E-state index in [-0.39, 0.29) is 12.1 Å². The van der Waals surface area contributed by atoms with E-state index in [0.717, 1.165) is 17.6 Å². The molecular formula is C15H25BrN2O2S. The molecule has 0 unspecified atom stereocenters. The number of hydrogen-bond donors (Lipinski definition) is 1. The molecule has 0 bridgehead atoms. The van der Waals surface area contributed by atoms with Gasteiger partial charge in [0, 0.05) is 35.0 Å². The van der Waals surface area contributed by atoms with Gasteiger partial charge in [-0.2, -0.15) is 0 Å². The van der Waals surface area contributed by atoms with E-state index < -0.39 is 5.60 Å². The maximum absolute atomic E-state index is 12.1. The molecule has 0 aliphatic heterocycles. The van der Waals surface area contributed by atoms with Crippen molar-refractivity contribution < 1.29 is 9.53 Å². The Morgan fingerprint density at radius 3 is 2.62 bits per heavy atom. The van der Waals surface area contributed by atoms with Gasteiger partial charge in [-0.25, -0.2) is 4.79 Å². The summed E-state index contributed by atoms with van der Waals surface area (Å²) in [6, 6.07) is 2.16. The summed E-state index contributed by atoms with van der Waals surface area (Å²) in [5, 5.41) is 5.42. The smallest absolute Gasteiger partial charge is 0.410 e. The van der Waals surface area contributed by atoms with E-state index >= 15 is 0 Å². The van der Waals surface area contributed by atoms with Gasteiger partial charge >= 0.3 is 6.09 Å². The van der Waals surface area contributed by atoms with Crippen LogP contribution in [0.25, 0.3) is 0 Å². The van der Waals surface area contributed by atoms with Gasteiger partial charge in [0.15, 0.2) is 0 Å². The van der Waals surface area contributed by atoms with Crippen LogP contribution in [0.5, 0.6) is 0 Å². The van der Waals surface area contributed by atoms with Crippen LogP contribution in [0.15, 0.2) is 15.9 Å². The molecule has 0 spiro atoms. The van der Waals surface area contributed by atoms with Crippen molar-refractivity contribution in [1.82, 2.24) is 10.2 Å². The molecule has 0 fully saturated rings. The topological polar surface area (TPSA) is 41.6 Å². The lowest BCUT2D eigenvalue weighted by atomic mass is 10.2. The monoisotopic (exact) mass is 376 g/mol. The fourth-order valence-electron chi connectivity index (χ4n) is 1.73. The number of ether oxygens (including phenoxy) is 1. The molecule has 1 aromatic rings. The molecule has 0 aliphatic rings. The summed E-state index contributed by atoms with van der Waals surface area (Å²) in [6.45, 7) is 11.8. The zero-order chi connectivity index (χ0) is 16.0. The van der Waals surface area contributed by atoms with Crippen LogP contribution >= 0.6 is 27.3 Å². The Kier molecular flexibility index (Phi) is 7.16. The minimum absolute atomic E-state index is 0.120. The number of hydrogen-bond acceptors (Lipinski definition) is 4. The van der Waals surface area contributed by atoms with Gasteiger partial charge < -0.3 is 15.0 Å². The lowest BCUT2D eigenvalue weighted by Crippen LogP contribution is -2.44. The Balaban J connectivity index is 2.41. The predicted molar refractivity (Wildman–Crippen MR) is 91.8 cm³/mol. The van der Waals surface area contributed by atoms with Crippen LogP contribution in [0, 0.1) is 0 Å².